The molecule has 1 atom stereocenters. The molecule has 18 heavy (non-hydrogen) atoms. The Morgan fingerprint density at radius 2 is 1.94 bits per heavy atom. The second-order valence-electron chi connectivity index (χ2n) is 4.34. The molecule has 3 nitrogen and oxygen atoms in total. The predicted octanol–water partition coefficient (Wildman–Crippen LogP) is 2.44. The second-order valence-corrected chi connectivity index (χ2v) is 4.34. The molecular weight excluding hydrogens is 248 g/mol. The van der Waals surface area contributed by atoms with E-state index in [1.54, 1.807) is 0 Å². The number of benzene rings is 1. The van der Waals surface area contributed by atoms with E-state index in [1.807, 2.05) is 49.1 Å². The summed E-state index contributed by atoms with van der Waals surface area (Å²) < 4.78 is 0. The van der Waals surface area contributed by atoms with E-state index < -0.39 is 0 Å². The summed E-state index contributed by atoms with van der Waals surface area (Å²) >= 11 is 0. The summed E-state index contributed by atoms with van der Waals surface area (Å²) in [6, 6.07) is 10.0. The molecule has 0 aliphatic heterocycles. The molecule has 102 valence electrons. The fourth-order valence-corrected chi connectivity index (χ4v) is 1.71. The molecule has 0 saturated heterocycles. The highest BCUT2D eigenvalue weighted by Gasteiger charge is 2.18. The molecule has 1 aromatic rings. The number of nitrogens with two attached hydrogens (primary N) is 1. The van der Waals surface area contributed by atoms with Gasteiger partial charge in [-0.2, -0.15) is 0 Å². The molecule has 0 heterocycles. The van der Waals surface area contributed by atoms with Gasteiger partial charge in [-0.25, -0.2) is 0 Å². The lowest BCUT2D eigenvalue weighted by Gasteiger charge is -2.25. The minimum absolute atomic E-state index is 0. The van der Waals surface area contributed by atoms with Crippen LogP contribution in [0.1, 0.15) is 25.8 Å². The molecule has 4 heteroatoms. The molecule has 1 unspecified atom stereocenters. The van der Waals surface area contributed by atoms with Gasteiger partial charge in [-0.1, -0.05) is 44.2 Å². The van der Waals surface area contributed by atoms with Crippen molar-refractivity contribution < 1.29 is 4.79 Å². The average molecular weight is 271 g/mol. The normalized spacial score (nSPS) is 11.5. The van der Waals surface area contributed by atoms with Gasteiger partial charge >= 0.3 is 0 Å². The summed E-state index contributed by atoms with van der Waals surface area (Å²) in [5.41, 5.74) is 6.72. The zero-order valence-corrected chi connectivity index (χ0v) is 12.0. The van der Waals surface area contributed by atoms with Crippen molar-refractivity contribution in [2.24, 2.45) is 11.7 Å². The Morgan fingerprint density at radius 3 is 2.44 bits per heavy atom. The molecule has 0 bridgehead atoms. The van der Waals surface area contributed by atoms with Crippen LogP contribution in [0.25, 0.3) is 0 Å². The van der Waals surface area contributed by atoms with E-state index in [4.69, 9.17) is 5.73 Å². The maximum Gasteiger partial charge on any atom is 0.225 e. The van der Waals surface area contributed by atoms with Gasteiger partial charge in [-0.15, -0.1) is 12.4 Å². The largest absolute Gasteiger partial charge is 0.337 e. The number of carbonyl (C=O) groups is 1. The van der Waals surface area contributed by atoms with Gasteiger partial charge in [0.2, 0.25) is 5.91 Å². The number of nitrogens with zero attached hydrogens (tertiary/aromatic N) is 1. The van der Waals surface area contributed by atoms with E-state index in [9.17, 15) is 4.79 Å². The monoisotopic (exact) mass is 270 g/mol. The first-order chi connectivity index (χ1) is 8.19. The number of hydrogen-bond acceptors (Lipinski definition) is 2. The highest BCUT2D eigenvalue weighted by molar-refractivity contribution is 5.85. The van der Waals surface area contributed by atoms with Crippen molar-refractivity contribution in [2.45, 2.75) is 26.8 Å². The summed E-state index contributed by atoms with van der Waals surface area (Å²) in [4.78, 5) is 14.0. The molecule has 0 aliphatic carbocycles. The lowest BCUT2D eigenvalue weighted by Crippen LogP contribution is -2.38. The van der Waals surface area contributed by atoms with Crippen LogP contribution in [0.15, 0.2) is 30.3 Å². The molecule has 0 fully saturated rings. The molecule has 0 saturated carbocycles. The highest BCUT2D eigenvalue weighted by atomic mass is 35.5. The molecular formula is C14H23ClN2O. The van der Waals surface area contributed by atoms with E-state index in [0.717, 1.165) is 12.0 Å². The molecule has 1 rings (SSSR count). The summed E-state index contributed by atoms with van der Waals surface area (Å²) in [7, 11) is 0. The standard InChI is InChI=1S/C14H22N2O.ClH/c1-3-12(2)14(17)16(10-9-15)11-13-7-5-4-6-8-13;/h4-8,12H,3,9-11,15H2,1-2H3;1H. The molecule has 0 aliphatic rings. The zero-order chi connectivity index (χ0) is 12.7. The summed E-state index contributed by atoms with van der Waals surface area (Å²) in [5.74, 6) is 0.270. The zero-order valence-electron chi connectivity index (χ0n) is 11.1. The third kappa shape index (κ3) is 5.07. The van der Waals surface area contributed by atoms with Crippen LogP contribution in [0, 0.1) is 5.92 Å². The minimum atomic E-state index is 0. The van der Waals surface area contributed by atoms with Crippen LogP contribution >= 0.6 is 12.4 Å². The Hall–Kier alpha value is -1.06. The van der Waals surface area contributed by atoms with Crippen LogP contribution in [0.3, 0.4) is 0 Å². The quantitative estimate of drug-likeness (QED) is 0.863. The Kier molecular flexibility index (Phi) is 8.42. The first-order valence-corrected chi connectivity index (χ1v) is 6.21. The summed E-state index contributed by atoms with van der Waals surface area (Å²) in [6.07, 6.45) is 0.870. The molecule has 2 N–H and O–H groups in total. The maximum absolute atomic E-state index is 12.1. The van der Waals surface area contributed by atoms with Crippen LogP contribution in [0.4, 0.5) is 0 Å². The third-order valence-corrected chi connectivity index (χ3v) is 2.96. The van der Waals surface area contributed by atoms with Crippen LogP contribution in [0.5, 0.6) is 0 Å². The van der Waals surface area contributed by atoms with Gasteiger partial charge in [0.25, 0.3) is 0 Å². The van der Waals surface area contributed by atoms with E-state index in [-0.39, 0.29) is 24.2 Å². The summed E-state index contributed by atoms with van der Waals surface area (Å²) in [6.45, 7) is 5.79. The Morgan fingerprint density at radius 1 is 1.33 bits per heavy atom. The molecule has 0 radical (unpaired) electrons. The second kappa shape index (κ2) is 8.95. The number of rotatable bonds is 6. The topological polar surface area (TPSA) is 46.3 Å². The Labute approximate surface area is 116 Å². The number of carbonyl (C=O) groups excluding carboxylic acids is 1. The fourth-order valence-electron chi connectivity index (χ4n) is 1.71. The molecule has 1 aromatic carbocycles. The van der Waals surface area contributed by atoms with Gasteiger partial charge in [0.15, 0.2) is 0 Å². The van der Waals surface area contributed by atoms with Crippen molar-refractivity contribution in [3.05, 3.63) is 35.9 Å². The summed E-state index contributed by atoms with van der Waals surface area (Å²) in [5, 5.41) is 0. The van der Waals surface area contributed by atoms with Crippen LogP contribution in [-0.4, -0.2) is 23.9 Å². The fraction of sp³-hybridized carbons (Fsp3) is 0.500. The Balaban J connectivity index is 0.00000289. The van der Waals surface area contributed by atoms with E-state index in [0.29, 0.717) is 19.6 Å². The highest BCUT2D eigenvalue weighted by Crippen LogP contribution is 2.10. The van der Waals surface area contributed by atoms with E-state index in [1.165, 1.54) is 0 Å². The lowest BCUT2D eigenvalue weighted by atomic mass is 10.1. The van der Waals surface area contributed by atoms with Crippen molar-refractivity contribution in [3.8, 4) is 0 Å². The van der Waals surface area contributed by atoms with Gasteiger partial charge < -0.3 is 10.6 Å². The third-order valence-electron chi connectivity index (χ3n) is 2.96. The Bertz CT molecular complexity index is 343. The van der Waals surface area contributed by atoms with Crippen LogP contribution < -0.4 is 5.73 Å². The smallest absolute Gasteiger partial charge is 0.225 e. The van der Waals surface area contributed by atoms with Gasteiger partial charge in [0.05, 0.1) is 0 Å². The number of hydrogen-bond donors (Lipinski definition) is 1. The van der Waals surface area contributed by atoms with Gasteiger partial charge in [0, 0.05) is 25.6 Å². The van der Waals surface area contributed by atoms with Gasteiger partial charge in [-0.3, -0.25) is 4.79 Å². The van der Waals surface area contributed by atoms with Crippen molar-refractivity contribution >= 4 is 18.3 Å². The maximum atomic E-state index is 12.1. The minimum Gasteiger partial charge on any atom is -0.337 e. The van der Waals surface area contributed by atoms with Crippen LogP contribution in [-0.2, 0) is 11.3 Å². The molecule has 1 amide bonds. The van der Waals surface area contributed by atoms with Gasteiger partial charge in [0.1, 0.15) is 0 Å². The molecule has 0 aromatic heterocycles. The first kappa shape index (κ1) is 16.9. The number of halogens is 1. The number of amides is 1. The first-order valence-electron chi connectivity index (χ1n) is 6.21. The predicted molar refractivity (Wildman–Crippen MR) is 77.6 cm³/mol. The van der Waals surface area contributed by atoms with Gasteiger partial charge in [-0.05, 0) is 12.0 Å². The SMILES string of the molecule is CCC(C)C(=O)N(CCN)Cc1ccccc1.Cl. The van der Waals surface area contributed by atoms with E-state index >= 15 is 0 Å². The van der Waals surface area contributed by atoms with Crippen LogP contribution in [0.2, 0.25) is 0 Å². The van der Waals surface area contributed by atoms with E-state index in [2.05, 4.69) is 0 Å². The van der Waals surface area contributed by atoms with Crippen molar-refractivity contribution in [2.75, 3.05) is 13.1 Å². The van der Waals surface area contributed by atoms with Crippen molar-refractivity contribution in [3.63, 3.8) is 0 Å². The lowest BCUT2D eigenvalue weighted by molar-refractivity contribution is -0.135. The average Bonchev–Trinajstić information content (AvgIpc) is 2.37. The van der Waals surface area contributed by atoms with Crippen molar-refractivity contribution in [1.82, 2.24) is 4.90 Å². The van der Waals surface area contributed by atoms with Crippen molar-refractivity contribution in [1.29, 1.82) is 0 Å². The molecule has 0 spiro atoms.